The first-order valence-electron chi connectivity index (χ1n) is 7.66. The fourth-order valence-electron chi connectivity index (χ4n) is 2.21. The molecule has 2 N–H and O–H groups in total. The maximum Gasteiger partial charge on any atom is 0.414 e. The van der Waals surface area contributed by atoms with Gasteiger partial charge in [0.05, 0.1) is 18.9 Å². The Bertz CT molecular complexity index is 892. The van der Waals surface area contributed by atoms with E-state index in [1.54, 1.807) is 37.8 Å². The van der Waals surface area contributed by atoms with Crippen LogP contribution < -0.4 is 15.4 Å². The Hall–Kier alpha value is -3.36. The average Bonchev–Trinajstić information content (AvgIpc) is 2.98. The Morgan fingerprint density at radius 3 is 2.80 bits per heavy atom. The molecule has 0 atom stereocenters. The van der Waals surface area contributed by atoms with Gasteiger partial charge in [-0.15, -0.1) is 10.2 Å². The predicted molar refractivity (Wildman–Crippen MR) is 92.3 cm³/mol. The van der Waals surface area contributed by atoms with Crippen molar-refractivity contribution in [1.29, 1.82) is 0 Å². The third-order valence-corrected chi connectivity index (χ3v) is 3.24. The van der Waals surface area contributed by atoms with Gasteiger partial charge in [0.15, 0.2) is 5.82 Å². The molecule has 1 amide bonds. The molecule has 2 aromatic heterocycles. The molecule has 3 aromatic rings. The van der Waals surface area contributed by atoms with Gasteiger partial charge in [0.2, 0.25) is 11.6 Å². The second-order valence-corrected chi connectivity index (χ2v) is 5.40. The molecule has 0 radical (unpaired) electrons. The van der Waals surface area contributed by atoms with Crippen LogP contribution in [-0.2, 0) is 4.74 Å². The van der Waals surface area contributed by atoms with Crippen molar-refractivity contribution in [2.45, 2.75) is 20.0 Å². The summed E-state index contributed by atoms with van der Waals surface area (Å²) < 4.78 is 12.0. The summed E-state index contributed by atoms with van der Waals surface area (Å²) in [4.78, 5) is 16.0. The van der Waals surface area contributed by atoms with Crippen molar-refractivity contribution in [2.24, 2.45) is 0 Å². The zero-order valence-electron chi connectivity index (χ0n) is 14.1. The Morgan fingerprint density at radius 1 is 1.24 bits per heavy atom. The quantitative estimate of drug-likeness (QED) is 0.735. The third-order valence-electron chi connectivity index (χ3n) is 3.24. The lowest BCUT2D eigenvalue weighted by atomic mass is 10.3. The first-order chi connectivity index (χ1) is 12.1. The molecular formula is C16H18N6O3. The van der Waals surface area contributed by atoms with E-state index in [0.717, 1.165) is 5.69 Å². The lowest BCUT2D eigenvalue weighted by Crippen LogP contribution is -2.19. The Balaban J connectivity index is 1.89. The predicted octanol–water partition coefficient (Wildman–Crippen LogP) is 2.83. The largest absolute Gasteiger partial charge is 0.495 e. The number of fused-ring (bicyclic) bond motifs is 1. The minimum absolute atomic E-state index is 0.233. The molecule has 0 aliphatic heterocycles. The highest BCUT2D eigenvalue weighted by Gasteiger charge is 2.15. The van der Waals surface area contributed by atoms with Crippen LogP contribution in [0.1, 0.15) is 13.8 Å². The molecule has 0 spiro atoms. The summed E-state index contributed by atoms with van der Waals surface area (Å²) in [5, 5.41) is 13.8. The van der Waals surface area contributed by atoms with Crippen LogP contribution in [0.4, 0.5) is 22.2 Å². The monoisotopic (exact) mass is 342 g/mol. The van der Waals surface area contributed by atoms with Gasteiger partial charge in [0, 0.05) is 12.4 Å². The molecule has 25 heavy (non-hydrogen) atoms. The molecule has 130 valence electrons. The van der Waals surface area contributed by atoms with Crippen LogP contribution in [0.3, 0.4) is 0 Å². The van der Waals surface area contributed by atoms with Crippen molar-refractivity contribution in [3.8, 4) is 5.75 Å². The molecule has 2 heterocycles. The van der Waals surface area contributed by atoms with Crippen LogP contribution in [-0.4, -0.2) is 38.9 Å². The molecule has 0 saturated heterocycles. The number of amides is 1. The van der Waals surface area contributed by atoms with Gasteiger partial charge in [-0.1, -0.05) is 12.1 Å². The molecule has 9 heteroatoms. The summed E-state index contributed by atoms with van der Waals surface area (Å²) in [5.74, 6) is 1.39. The number of nitrogens with zero attached hydrogens (tertiary/aromatic N) is 4. The Kier molecular flexibility index (Phi) is 4.64. The number of carbonyl (C=O) groups excluding carboxylic acids is 1. The van der Waals surface area contributed by atoms with Crippen LogP contribution >= 0.6 is 0 Å². The van der Waals surface area contributed by atoms with Gasteiger partial charge in [-0.2, -0.15) is 0 Å². The van der Waals surface area contributed by atoms with Crippen LogP contribution in [0.25, 0.3) is 5.65 Å². The number of benzene rings is 1. The summed E-state index contributed by atoms with van der Waals surface area (Å²) in [6.45, 7) is 3.53. The average molecular weight is 342 g/mol. The Morgan fingerprint density at radius 2 is 2.04 bits per heavy atom. The zero-order chi connectivity index (χ0) is 17.8. The number of hydrogen-bond donors (Lipinski definition) is 2. The van der Waals surface area contributed by atoms with Gasteiger partial charge in [0.25, 0.3) is 0 Å². The summed E-state index contributed by atoms with van der Waals surface area (Å²) in [6.07, 6.45) is 2.39. The van der Waals surface area contributed by atoms with E-state index in [4.69, 9.17) is 9.47 Å². The van der Waals surface area contributed by atoms with Crippen molar-refractivity contribution in [3.05, 3.63) is 36.7 Å². The Labute approximate surface area is 144 Å². The van der Waals surface area contributed by atoms with E-state index in [-0.39, 0.29) is 12.1 Å². The molecule has 0 bridgehead atoms. The van der Waals surface area contributed by atoms with E-state index in [2.05, 4.69) is 25.8 Å². The number of nitrogens with one attached hydrogen (secondary N) is 2. The van der Waals surface area contributed by atoms with E-state index in [1.807, 2.05) is 24.3 Å². The summed E-state index contributed by atoms with van der Waals surface area (Å²) in [6, 6.07) is 7.45. The zero-order valence-corrected chi connectivity index (χ0v) is 14.1. The van der Waals surface area contributed by atoms with Crippen LogP contribution in [0.5, 0.6) is 5.75 Å². The fraction of sp³-hybridized carbons (Fsp3) is 0.250. The molecule has 9 nitrogen and oxygen atoms in total. The van der Waals surface area contributed by atoms with E-state index >= 15 is 0 Å². The molecular weight excluding hydrogens is 324 g/mol. The van der Waals surface area contributed by atoms with Gasteiger partial charge >= 0.3 is 6.09 Å². The maximum atomic E-state index is 11.8. The molecule has 3 rings (SSSR count). The topological polar surface area (TPSA) is 103 Å². The second-order valence-electron chi connectivity index (χ2n) is 5.40. The van der Waals surface area contributed by atoms with Crippen molar-refractivity contribution in [3.63, 3.8) is 0 Å². The summed E-state index contributed by atoms with van der Waals surface area (Å²) in [7, 11) is 1.59. The van der Waals surface area contributed by atoms with E-state index in [1.165, 1.54) is 0 Å². The first-order valence-corrected chi connectivity index (χ1v) is 7.66. The van der Waals surface area contributed by atoms with E-state index < -0.39 is 6.09 Å². The van der Waals surface area contributed by atoms with Gasteiger partial charge in [-0.05, 0) is 26.0 Å². The second kappa shape index (κ2) is 7.04. The fourth-order valence-corrected chi connectivity index (χ4v) is 2.21. The van der Waals surface area contributed by atoms with Crippen molar-refractivity contribution in [2.75, 3.05) is 17.7 Å². The number of methoxy groups -OCH3 is 1. The standard InChI is InChI=1S/C16H18N6O3/c1-10(2)25-16(23)19-15-21-20-14-13(17-8-9-22(14)15)18-11-6-4-5-7-12(11)24-3/h4-10H,1-3H3,(H,17,18)(H,19,21,23). The number of para-hydroxylation sites is 2. The smallest absolute Gasteiger partial charge is 0.414 e. The molecule has 0 aliphatic rings. The number of ether oxygens (including phenoxy) is 2. The molecule has 0 saturated carbocycles. The third kappa shape index (κ3) is 3.60. The van der Waals surface area contributed by atoms with Crippen molar-refractivity contribution < 1.29 is 14.3 Å². The van der Waals surface area contributed by atoms with Crippen molar-refractivity contribution >= 4 is 29.2 Å². The lowest BCUT2D eigenvalue weighted by molar-refractivity contribution is 0.129. The number of hydrogen-bond acceptors (Lipinski definition) is 7. The number of anilines is 3. The van der Waals surface area contributed by atoms with Gasteiger partial charge < -0.3 is 14.8 Å². The van der Waals surface area contributed by atoms with Gasteiger partial charge in [0.1, 0.15) is 5.75 Å². The molecule has 0 fully saturated rings. The van der Waals surface area contributed by atoms with E-state index in [9.17, 15) is 4.79 Å². The van der Waals surface area contributed by atoms with Gasteiger partial charge in [-0.25, -0.2) is 9.78 Å². The number of aromatic nitrogens is 4. The van der Waals surface area contributed by atoms with Crippen molar-refractivity contribution in [1.82, 2.24) is 19.6 Å². The maximum absolute atomic E-state index is 11.8. The summed E-state index contributed by atoms with van der Waals surface area (Å²) in [5.41, 5.74) is 1.19. The SMILES string of the molecule is COc1ccccc1Nc1nccn2c(NC(=O)OC(C)C)nnc12. The van der Waals surface area contributed by atoms with Gasteiger partial charge in [-0.3, -0.25) is 9.72 Å². The molecule has 0 unspecified atom stereocenters. The van der Waals surface area contributed by atoms with Crippen LogP contribution in [0.2, 0.25) is 0 Å². The van der Waals surface area contributed by atoms with E-state index in [0.29, 0.717) is 17.2 Å². The minimum atomic E-state index is -0.597. The van der Waals surface area contributed by atoms with Crippen LogP contribution in [0, 0.1) is 0 Å². The highest BCUT2D eigenvalue weighted by molar-refractivity contribution is 5.83. The lowest BCUT2D eigenvalue weighted by Gasteiger charge is -2.11. The number of carbonyl (C=O) groups is 1. The normalized spacial score (nSPS) is 10.7. The summed E-state index contributed by atoms with van der Waals surface area (Å²) >= 11 is 0. The first kappa shape index (κ1) is 16.5. The highest BCUT2D eigenvalue weighted by atomic mass is 16.6. The highest BCUT2D eigenvalue weighted by Crippen LogP contribution is 2.27. The molecule has 1 aromatic carbocycles. The molecule has 0 aliphatic carbocycles. The minimum Gasteiger partial charge on any atom is -0.495 e. The van der Waals surface area contributed by atoms with Crippen LogP contribution in [0.15, 0.2) is 36.7 Å². The number of rotatable bonds is 5.